The Kier molecular flexibility index (Phi) is 3.48. The minimum Gasteiger partial charge on any atom is -0.464 e. The molecule has 3 nitrogen and oxygen atoms in total. The van der Waals surface area contributed by atoms with E-state index in [1.807, 2.05) is 0 Å². The predicted molar refractivity (Wildman–Crippen MR) is 73.1 cm³/mol. The van der Waals surface area contributed by atoms with Crippen LogP contribution in [0.2, 0.25) is 0 Å². The lowest BCUT2D eigenvalue weighted by Crippen LogP contribution is -2.04. The molecule has 0 bridgehead atoms. The van der Waals surface area contributed by atoms with Gasteiger partial charge in [0.05, 0.1) is 17.5 Å². The fraction of sp³-hybridized carbons (Fsp3) is 0.286. The van der Waals surface area contributed by atoms with Crippen molar-refractivity contribution in [1.29, 1.82) is 0 Å². The molecule has 4 heteroatoms. The number of aryl methyl sites for hydroxylation is 3. The van der Waals surface area contributed by atoms with Crippen LogP contribution in [0, 0.1) is 20.8 Å². The van der Waals surface area contributed by atoms with Crippen molar-refractivity contribution in [3.05, 3.63) is 40.0 Å². The molecule has 0 unspecified atom stereocenters. The quantitative estimate of drug-likeness (QED) is 0.776. The number of thiazole rings is 1. The molecule has 0 aliphatic heterocycles. The van der Waals surface area contributed by atoms with E-state index < -0.39 is 0 Å². The Morgan fingerprint density at radius 2 is 1.83 bits per heavy atom. The maximum absolute atomic E-state index is 11.7. The zero-order valence-corrected chi connectivity index (χ0v) is 11.7. The summed E-state index contributed by atoms with van der Waals surface area (Å²) >= 11 is 1.47. The number of hydrogen-bond donors (Lipinski definition) is 0. The number of carbonyl (C=O) groups is 1. The summed E-state index contributed by atoms with van der Waals surface area (Å²) in [5.74, 6) is -0.384. The summed E-state index contributed by atoms with van der Waals surface area (Å²) in [7, 11) is 1.38. The van der Waals surface area contributed by atoms with Crippen molar-refractivity contribution in [3.63, 3.8) is 0 Å². The lowest BCUT2D eigenvalue weighted by molar-refractivity contribution is 0.0596. The minimum atomic E-state index is -0.384. The fourth-order valence-electron chi connectivity index (χ4n) is 2.20. The van der Waals surface area contributed by atoms with Gasteiger partial charge in [-0.2, -0.15) is 0 Å². The Morgan fingerprint density at radius 1 is 1.22 bits per heavy atom. The van der Waals surface area contributed by atoms with Crippen molar-refractivity contribution in [1.82, 2.24) is 4.98 Å². The smallest absolute Gasteiger partial charge is 0.358 e. The first kappa shape index (κ1) is 12.8. The third-order valence-electron chi connectivity index (χ3n) is 2.85. The maximum atomic E-state index is 11.7. The first-order valence-electron chi connectivity index (χ1n) is 5.64. The number of carbonyl (C=O) groups excluding carboxylic acids is 1. The number of hydrogen-bond acceptors (Lipinski definition) is 4. The first-order chi connectivity index (χ1) is 8.54. The van der Waals surface area contributed by atoms with Gasteiger partial charge < -0.3 is 4.74 Å². The molecule has 1 aromatic carbocycles. The van der Waals surface area contributed by atoms with E-state index in [2.05, 4.69) is 37.9 Å². The molecule has 94 valence electrons. The number of esters is 1. The predicted octanol–water partition coefficient (Wildman–Crippen LogP) is 3.52. The lowest BCUT2D eigenvalue weighted by atomic mass is 9.98. The summed E-state index contributed by atoms with van der Waals surface area (Å²) in [5.41, 5.74) is 6.70. The van der Waals surface area contributed by atoms with Gasteiger partial charge in [-0.25, -0.2) is 9.78 Å². The Bertz CT molecular complexity index is 579. The van der Waals surface area contributed by atoms with Crippen molar-refractivity contribution in [3.8, 4) is 10.4 Å². The number of ether oxygens (including phenoxy) is 1. The van der Waals surface area contributed by atoms with Crippen LogP contribution >= 0.6 is 11.3 Å². The summed E-state index contributed by atoms with van der Waals surface area (Å²) in [6.07, 6.45) is 0. The van der Waals surface area contributed by atoms with Crippen molar-refractivity contribution >= 4 is 17.3 Å². The minimum absolute atomic E-state index is 0.384. The highest BCUT2D eigenvalue weighted by molar-refractivity contribution is 7.13. The van der Waals surface area contributed by atoms with Gasteiger partial charge in [0, 0.05) is 5.56 Å². The maximum Gasteiger partial charge on any atom is 0.358 e. The van der Waals surface area contributed by atoms with Gasteiger partial charge in [0.25, 0.3) is 0 Å². The molecule has 0 atom stereocenters. The van der Waals surface area contributed by atoms with E-state index in [9.17, 15) is 4.79 Å². The second-order valence-electron chi connectivity index (χ2n) is 4.30. The molecule has 1 heterocycles. The van der Waals surface area contributed by atoms with Crippen LogP contribution in [0.4, 0.5) is 0 Å². The van der Waals surface area contributed by atoms with Crippen LogP contribution in [0.1, 0.15) is 27.2 Å². The van der Waals surface area contributed by atoms with Crippen LogP contribution in [-0.4, -0.2) is 18.1 Å². The Hall–Kier alpha value is -1.68. The highest BCUT2D eigenvalue weighted by Gasteiger charge is 2.19. The molecule has 0 N–H and O–H groups in total. The van der Waals surface area contributed by atoms with Crippen LogP contribution in [0.25, 0.3) is 10.4 Å². The number of methoxy groups -OCH3 is 1. The molecule has 1 aromatic heterocycles. The number of rotatable bonds is 2. The average Bonchev–Trinajstić information content (AvgIpc) is 2.75. The van der Waals surface area contributed by atoms with Crippen LogP contribution in [-0.2, 0) is 4.74 Å². The van der Waals surface area contributed by atoms with Gasteiger partial charge in [-0.05, 0) is 31.9 Å². The molecule has 2 rings (SSSR count). The lowest BCUT2D eigenvalue weighted by Gasteiger charge is -2.10. The molecule has 0 spiro atoms. The highest BCUT2D eigenvalue weighted by atomic mass is 32.1. The van der Waals surface area contributed by atoms with Gasteiger partial charge in [0.2, 0.25) is 0 Å². The largest absolute Gasteiger partial charge is 0.464 e. The molecule has 0 radical (unpaired) electrons. The summed E-state index contributed by atoms with van der Waals surface area (Å²) in [4.78, 5) is 16.7. The van der Waals surface area contributed by atoms with E-state index in [-0.39, 0.29) is 5.97 Å². The van der Waals surface area contributed by atoms with Gasteiger partial charge in [-0.1, -0.05) is 17.7 Å². The number of benzene rings is 1. The number of aromatic nitrogens is 1. The van der Waals surface area contributed by atoms with Gasteiger partial charge in [0.15, 0.2) is 5.69 Å². The van der Waals surface area contributed by atoms with E-state index in [1.54, 1.807) is 5.51 Å². The summed E-state index contributed by atoms with van der Waals surface area (Å²) < 4.78 is 4.77. The molecule has 0 fully saturated rings. The fourth-order valence-corrected chi connectivity index (χ4v) is 3.15. The normalized spacial score (nSPS) is 10.4. The van der Waals surface area contributed by atoms with Crippen molar-refractivity contribution in [2.75, 3.05) is 7.11 Å². The standard InChI is InChI=1S/C14H15NO2S/c1-8-5-9(2)11(10(3)6-8)13-12(14(16)17-4)15-7-18-13/h5-7H,1-4H3. The summed E-state index contributed by atoms with van der Waals surface area (Å²) in [6, 6.07) is 4.23. The van der Waals surface area contributed by atoms with E-state index >= 15 is 0 Å². The van der Waals surface area contributed by atoms with Gasteiger partial charge in [0.1, 0.15) is 0 Å². The molecular weight excluding hydrogens is 246 g/mol. The number of nitrogens with zero attached hydrogens (tertiary/aromatic N) is 1. The summed E-state index contributed by atoms with van der Waals surface area (Å²) in [6.45, 7) is 6.17. The zero-order valence-electron chi connectivity index (χ0n) is 10.9. The Morgan fingerprint density at radius 3 is 2.39 bits per heavy atom. The second-order valence-corrected chi connectivity index (χ2v) is 5.15. The van der Waals surface area contributed by atoms with E-state index in [0.29, 0.717) is 5.69 Å². The van der Waals surface area contributed by atoms with Crippen molar-refractivity contribution < 1.29 is 9.53 Å². The SMILES string of the molecule is COC(=O)c1ncsc1-c1c(C)cc(C)cc1C. The van der Waals surface area contributed by atoms with E-state index in [4.69, 9.17) is 4.74 Å². The molecule has 18 heavy (non-hydrogen) atoms. The third-order valence-corrected chi connectivity index (χ3v) is 3.69. The molecule has 0 aliphatic rings. The Balaban J connectivity index is 2.63. The average molecular weight is 261 g/mol. The molecule has 0 amide bonds. The third kappa shape index (κ3) is 2.16. The molecule has 0 saturated heterocycles. The van der Waals surface area contributed by atoms with E-state index in [0.717, 1.165) is 21.6 Å². The topological polar surface area (TPSA) is 39.2 Å². The van der Waals surface area contributed by atoms with Crippen LogP contribution in [0.3, 0.4) is 0 Å². The van der Waals surface area contributed by atoms with Crippen molar-refractivity contribution in [2.45, 2.75) is 20.8 Å². The highest BCUT2D eigenvalue weighted by Crippen LogP contribution is 2.34. The van der Waals surface area contributed by atoms with Gasteiger partial charge >= 0.3 is 5.97 Å². The molecule has 0 saturated carbocycles. The van der Waals surface area contributed by atoms with Gasteiger partial charge in [-0.15, -0.1) is 11.3 Å². The first-order valence-corrected chi connectivity index (χ1v) is 6.52. The Labute approximate surface area is 110 Å². The second kappa shape index (κ2) is 4.90. The zero-order chi connectivity index (χ0) is 13.3. The van der Waals surface area contributed by atoms with Crippen LogP contribution in [0.15, 0.2) is 17.6 Å². The molecule has 0 aliphatic carbocycles. The monoisotopic (exact) mass is 261 g/mol. The summed E-state index contributed by atoms with van der Waals surface area (Å²) in [5, 5.41) is 0. The molecule has 2 aromatic rings. The molecular formula is C14H15NO2S. The van der Waals surface area contributed by atoms with Crippen LogP contribution < -0.4 is 0 Å². The van der Waals surface area contributed by atoms with Gasteiger partial charge in [-0.3, -0.25) is 0 Å². The van der Waals surface area contributed by atoms with Crippen LogP contribution in [0.5, 0.6) is 0 Å². The van der Waals surface area contributed by atoms with Crippen molar-refractivity contribution in [2.24, 2.45) is 0 Å². The van der Waals surface area contributed by atoms with E-state index in [1.165, 1.54) is 24.0 Å².